The van der Waals surface area contributed by atoms with E-state index in [-0.39, 0.29) is 47.5 Å². The molecule has 0 spiro atoms. The van der Waals surface area contributed by atoms with Crippen LogP contribution in [0.4, 0.5) is 5.69 Å². The summed E-state index contributed by atoms with van der Waals surface area (Å²) in [5, 5.41) is 2.60. The molecule has 0 aromatic heterocycles. The SMILES string of the molecule is C#CCN(CC(=O)Nc1cc(C(=O)OC)cc(C(=O)OC)c1)C1CCS(=O)(=O)C1. The van der Waals surface area contributed by atoms with E-state index in [1.165, 1.54) is 32.4 Å². The minimum Gasteiger partial charge on any atom is -0.465 e. The Morgan fingerprint density at radius 3 is 2.21 bits per heavy atom. The zero-order chi connectivity index (χ0) is 21.6. The molecule has 10 heteroatoms. The third-order valence-electron chi connectivity index (χ3n) is 4.42. The fourth-order valence-electron chi connectivity index (χ4n) is 3.05. The molecule has 1 heterocycles. The maximum atomic E-state index is 12.5. The van der Waals surface area contributed by atoms with Gasteiger partial charge in [0.2, 0.25) is 5.91 Å². The molecule has 0 saturated carbocycles. The lowest BCUT2D eigenvalue weighted by Gasteiger charge is -2.25. The number of nitrogens with one attached hydrogen (secondary N) is 1. The third kappa shape index (κ3) is 6.04. The van der Waals surface area contributed by atoms with E-state index in [4.69, 9.17) is 6.42 Å². The molecule has 1 aliphatic heterocycles. The lowest BCUT2D eigenvalue weighted by atomic mass is 10.1. The van der Waals surface area contributed by atoms with Crippen molar-refractivity contribution in [2.24, 2.45) is 0 Å². The Morgan fingerprint density at radius 2 is 1.76 bits per heavy atom. The maximum absolute atomic E-state index is 12.5. The largest absolute Gasteiger partial charge is 0.465 e. The molecule has 1 atom stereocenters. The predicted molar refractivity (Wildman–Crippen MR) is 105 cm³/mol. The van der Waals surface area contributed by atoms with E-state index in [9.17, 15) is 22.8 Å². The summed E-state index contributed by atoms with van der Waals surface area (Å²) in [7, 11) is -0.748. The van der Waals surface area contributed by atoms with E-state index in [1.807, 2.05) is 0 Å². The molecule has 0 bridgehead atoms. The van der Waals surface area contributed by atoms with Gasteiger partial charge in [-0.1, -0.05) is 5.92 Å². The Balaban J connectivity index is 2.18. The van der Waals surface area contributed by atoms with Crippen molar-refractivity contribution in [3.63, 3.8) is 0 Å². The van der Waals surface area contributed by atoms with Crippen molar-refractivity contribution in [2.75, 3.05) is 44.1 Å². The van der Waals surface area contributed by atoms with Gasteiger partial charge in [-0.25, -0.2) is 18.0 Å². The van der Waals surface area contributed by atoms with Gasteiger partial charge in [0.25, 0.3) is 0 Å². The first-order valence-corrected chi connectivity index (χ1v) is 10.5. The minimum absolute atomic E-state index is 0.0493. The number of terminal acetylenes is 1. The summed E-state index contributed by atoms with van der Waals surface area (Å²) in [5.74, 6) is 0.606. The number of esters is 2. The van der Waals surface area contributed by atoms with Gasteiger partial charge in [0, 0.05) is 11.7 Å². The van der Waals surface area contributed by atoms with E-state index in [0.29, 0.717) is 6.42 Å². The smallest absolute Gasteiger partial charge is 0.337 e. The summed E-state index contributed by atoms with van der Waals surface area (Å²) in [6.45, 7) is -0.0242. The number of amides is 1. The highest BCUT2D eigenvalue weighted by molar-refractivity contribution is 7.91. The molecular weight excluding hydrogens is 400 g/mol. The van der Waals surface area contributed by atoms with Crippen LogP contribution >= 0.6 is 0 Å². The number of methoxy groups -OCH3 is 2. The normalized spacial score (nSPS) is 17.4. The average molecular weight is 422 g/mol. The van der Waals surface area contributed by atoms with Crippen LogP contribution in [-0.4, -0.2) is 76.0 Å². The minimum atomic E-state index is -3.13. The Bertz CT molecular complexity index is 916. The molecule has 1 fully saturated rings. The van der Waals surface area contributed by atoms with Crippen molar-refractivity contribution >= 4 is 33.4 Å². The van der Waals surface area contributed by atoms with E-state index in [1.54, 1.807) is 4.90 Å². The Labute approximate surface area is 169 Å². The molecule has 1 saturated heterocycles. The van der Waals surface area contributed by atoms with Crippen molar-refractivity contribution in [3.05, 3.63) is 29.3 Å². The number of hydrogen-bond acceptors (Lipinski definition) is 8. The van der Waals surface area contributed by atoms with E-state index in [2.05, 4.69) is 20.7 Å². The Morgan fingerprint density at radius 1 is 1.17 bits per heavy atom. The molecule has 1 aromatic carbocycles. The van der Waals surface area contributed by atoms with Crippen LogP contribution in [0, 0.1) is 12.3 Å². The van der Waals surface area contributed by atoms with Gasteiger partial charge in [-0.2, -0.15) is 0 Å². The summed E-state index contributed by atoms with van der Waals surface area (Å²) < 4.78 is 32.8. The molecule has 1 unspecified atom stereocenters. The van der Waals surface area contributed by atoms with Crippen molar-refractivity contribution in [3.8, 4) is 12.3 Å². The van der Waals surface area contributed by atoms with Crippen molar-refractivity contribution in [2.45, 2.75) is 12.5 Å². The number of carbonyl (C=O) groups excluding carboxylic acids is 3. The highest BCUT2D eigenvalue weighted by Crippen LogP contribution is 2.19. The Kier molecular flexibility index (Phi) is 7.36. The molecule has 29 heavy (non-hydrogen) atoms. The molecule has 156 valence electrons. The summed E-state index contributed by atoms with van der Waals surface area (Å²) in [4.78, 5) is 37.8. The number of rotatable bonds is 7. The van der Waals surface area contributed by atoms with E-state index in [0.717, 1.165) is 0 Å². The number of carbonyl (C=O) groups is 3. The molecule has 9 nitrogen and oxygen atoms in total. The molecule has 2 rings (SSSR count). The number of anilines is 1. The monoisotopic (exact) mass is 422 g/mol. The molecule has 1 aromatic rings. The molecule has 0 radical (unpaired) electrons. The van der Waals surface area contributed by atoms with Crippen LogP contribution in [0.1, 0.15) is 27.1 Å². The fourth-order valence-corrected chi connectivity index (χ4v) is 4.81. The predicted octanol–water partition coefficient (Wildman–Crippen LogP) is 0.321. The lowest BCUT2D eigenvalue weighted by Crippen LogP contribution is -2.41. The second kappa shape index (κ2) is 9.54. The first kappa shape index (κ1) is 22.4. The van der Waals surface area contributed by atoms with Gasteiger partial charge >= 0.3 is 11.9 Å². The quantitative estimate of drug-likeness (QED) is 0.493. The van der Waals surface area contributed by atoms with Crippen LogP contribution in [0.5, 0.6) is 0 Å². The maximum Gasteiger partial charge on any atom is 0.337 e. The highest BCUT2D eigenvalue weighted by atomic mass is 32.2. The zero-order valence-electron chi connectivity index (χ0n) is 16.1. The van der Waals surface area contributed by atoms with Gasteiger partial charge < -0.3 is 14.8 Å². The molecule has 1 N–H and O–H groups in total. The van der Waals surface area contributed by atoms with Gasteiger partial charge in [-0.15, -0.1) is 6.42 Å². The lowest BCUT2D eigenvalue weighted by molar-refractivity contribution is -0.117. The van der Waals surface area contributed by atoms with Gasteiger partial charge in [0.1, 0.15) is 0 Å². The van der Waals surface area contributed by atoms with Crippen LogP contribution < -0.4 is 5.32 Å². The van der Waals surface area contributed by atoms with Crippen LogP contribution in [0.3, 0.4) is 0 Å². The third-order valence-corrected chi connectivity index (χ3v) is 6.18. The number of benzene rings is 1. The summed E-state index contributed by atoms with van der Waals surface area (Å²) in [6.07, 6.45) is 5.76. The molecule has 0 aliphatic carbocycles. The summed E-state index contributed by atoms with van der Waals surface area (Å²) in [6, 6.07) is 3.68. The Hall–Kier alpha value is -2.90. The van der Waals surface area contributed by atoms with Crippen LogP contribution in [0.25, 0.3) is 0 Å². The van der Waals surface area contributed by atoms with Gasteiger partial charge in [-0.05, 0) is 24.6 Å². The van der Waals surface area contributed by atoms with Gasteiger partial charge in [0.15, 0.2) is 9.84 Å². The van der Waals surface area contributed by atoms with Crippen LogP contribution in [0.15, 0.2) is 18.2 Å². The number of ether oxygens (including phenoxy) is 2. The van der Waals surface area contributed by atoms with Crippen molar-refractivity contribution < 1.29 is 32.3 Å². The first-order valence-electron chi connectivity index (χ1n) is 8.68. The van der Waals surface area contributed by atoms with E-state index >= 15 is 0 Å². The van der Waals surface area contributed by atoms with E-state index < -0.39 is 27.7 Å². The second-order valence-electron chi connectivity index (χ2n) is 6.50. The van der Waals surface area contributed by atoms with Gasteiger partial charge in [-0.3, -0.25) is 9.69 Å². The molecule has 1 amide bonds. The van der Waals surface area contributed by atoms with Gasteiger partial charge in [0.05, 0.1) is 49.9 Å². The average Bonchev–Trinajstić information content (AvgIpc) is 3.05. The topological polar surface area (TPSA) is 119 Å². The fraction of sp³-hybridized carbons (Fsp3) is 0.421. The van der Waals surface area contributed by atoms with Crippen LogP contribution in [0.2, 0.25) is 0 Å². The second-order valence-corrected chi connectivity index (χ2v) is 8.73. The van der Waals surface area contributed by atoms with Crippen LogP contribution in [-0.2, 0) is 24.1 Å². The number of sulfone groups is 1. The first-order chi connectivity index (χ1) is 13.7. The molecule has 1 aliphatic rings. The number of hydrogen-bond donors (Lipinski definition) is 1. The summed E-state index contributed by atoms with van der Waals surface area (Å²) in [5.41, 5.74) is 0.319. The van der Waals surface area contributed by atoms with Crippen molar-refractivity contribution in [1.82, 2.24) is 4.90 Å². The highest BCUT2D eigenvalue weighted by Gasteiger charge is 2.32. The number of nitrogens with zero attached hydrogens (tertiary/aromatic N) is 1. The van der Waals surface area contributed by atoms with Crippen molar-refractivity contribution in [1.29, 1.82) is 0 Å². The summed E-state index contributed by atoms with van der Waals surface area (Å²) >= 11 is 0. The molecular formula is C19H22N2O7S. The zero-order valence-corrected chi connectivity index (χ0v) is 17.0. The standard InChI is InChI=1S/C19H22N2O7S/c1-4-6-21(16-5-7-29(25,26)12-16)11-17(22)20-15-9-13(18(23)27-2)8-14(10-15)19(24)28-3/h1,8-10,16H,5-7,11-12H2,2-3H3,(H,20,22).